The molecule has 1 aliphatic heterocycles. The summed E-state index contributed by atoms with van der Waals surface area (Å²) in [5.41, 5.74) is 0.529. The fraction of sp³-hybridized carbons (Fsp3) is 0.588. The zero-order chi connectivity index (χ0) is 18.3. The first-order chi connectivity index (χ1) is 11.9. The highest BCUT2D eigenvalue weighted by molar-refractivity contribution is 7.92. The Bertz CT molecular complexity index is 671. The van der Waals surface area contributed by atoms with Crippen LogP contribution in [0.25, 0.3) is 0 Å². The number of anilines is 1. The van der Waals surface area contributed by atoms with E-state index >= 15 is 0 Å². The number of hydrogen-bond donors (Lipinski definition) is 1. The van der Waals surface area contributed by atoms with Crippen LogP contribution >= 0.6 is 0 Å². The maximum atomic E-state index is 12.1. The summed E-state index contributed by atoms with van der Waals surface area (Å²) in [6.07, 6.45) is 3.96. The number of nitrogens with zero attached hydrogens (tertiary/aromatic N) is 1. The zero-order valence-corrected chi connectivity index (χ0v) is 15.5. The number of methoxy groups -OCH3 is 1. The Morgan fingerprint density at radius 1 is 1.44 bits per heavy atom. The molecule has 1 unspecified atom stereocenters. The summed E-state index contributed by atoms with van der Waals surface area (Å²) in [7, 11) is -1.91. The third kappa shape index (κ3) is 6.21. The molecule has 7 nitrogen and oxygen atoms in total. The molecule has 0 spiro atoms. The second-order valence-electron chi connectivity index (χ2n) is 6.08. The minimum atomic E-state index is -3.44. The molecular weight excluding hydrogens is 344 g/mol. The van der Waals surface area contributed by atoms with Crippen LogP contribution in [0.5, 0.6) is 5.75 Å². The number of rotatable bonds is 9. The molecular formula is C17H26N2O5S. The molecule has 0 saturated carbocycles. The topological polar surface area (TPSA) is 84.9 Å². The number of nitrogens with one attached hydrogen (secondary N) is 1. The molecule has 8 heteroatoms. The number of carbonyl (C=O) groups excluding carboxylic acids is 1. The Kier molecular flexibility index (Phi) is 7.07. The van der Waals surface area contributed by atoms with E-state index in [9.17, 15) is 13.2 Å². The van der Waals surface area contributed by atoms with Gasteiger partial charge in [0.25, 0.3) is 0 Å². The van der Waals surface area contributed by atoms with Crippen molar-refractivity contribution in [3.63, 3.8) is 0 Å². The molecule has 1 aliphatic rings. The molecule has 1 fully saturated rings. The lowest BCUT2D eigenvalue weighted by Crippen LogP contribution is -2.34. The maximum Gasteiger partial charge on any atom is 0.232 e. The van der Waals surface area contributed by atoms with Crippen molar-refractivity contribution >= 4 is 21.6 Å². The first kappa shape index (κ1) is 19.5. The van der Waals surface area contributed by atoms with Crippen LogP contribution in [0.15, 0.2) is 24.3 Å². The highest BCUT2D eigenvalue weighted by atomic mass is 32.2. The average molecular weight is 370 g/mol. The Hall–Kier alpha value is -1.80. The summed E-state index contributed by atoms with van der Waals surface area (Å²) >= 11 is 0. The van der Waals surface area contributed by atoms with Crippen molar-refractivity contribution in [2.75, 3.05) is 37.4 Å². The number of sulfonamides is 1. The Balaban J connectivity index is 1.86. The number of carbonyl (C=O) groups is 1. The van der Waals surface area contributed by atoms with Crippen LogP contribution in [0.2, 0.25) is 0 Å². The van der Waals surface area contributed by atoms with Gasteiger partial charge < -0.3 is 14.8 Å². The third-order valence-electron chi connectivity index (χ3n) is 4.06. The molecule has 0 aromatic heterocycles. The molecule has 1 N–H and O–H groups in total. The van der Waals surface area contributed by atoms with Crippen LogP contribution in [-0.2, 0) is 19.6 Å². The number of amides is 1. The average Bonchev–Trinajstić information content (AvgIpc) is 3.09. The van der Waals surface area contributed by atoms with Crippen LogP contribution in [0.3, 0.4) is 0 Å². The van der Waals surface area contributed by atoms with E-state index in [1.54, 1.807) is 24.3 Å². The zero-order valence-electron chi connectivity index (χ0n) is 14.7. The Labute approximate surface area is 149 Å². The van der Waals surface area contributed by atoms with Crippen LogP contribution < -0.4 is 14.4 Å². The minimum Gasteiger partial charge on any atom is -0.497 e. The summed E-state index contributed by atoms with van der Waals surface area (Å²) in [6.45, 7) is 1.51. The second kappa shape index (κ2) is 9.05. The minimum absolute atomic E-state index is 0.0883. The van der Waals surface area contributed by atoms with Crippen molar-refractivity contribution in [1.29, 1.82) is 0 Å². The molecule has 1 saturated heterocycles. The SMILES string of the molecule is COc1cccc(N(CCCC(=O)NCC2CCCO2)S(C)(=O)=O)c1. The molecule has 1 aromatic carbocycles. The smallest absolute Gasteiger partial charge is 0.232 e. The normalized spacial score (nSPS) is 17.3. The maximum absolute atomic E-state index is 12.1. The highest BCUT2D eigenvalue weighted by Crippen LogP contribution is 2.23. The van der Waals surface area contributed by atoms with E-state index in [4.69, 9.17) is 9.47 Å². The molecule has 2 rings (SSSR count). The van der Waals surface area contributed by atoms with E-state index in [1.165, 1.54) is 11.4 Å². The lowest BCUT2D eigenvalue weighted by atomic mass is 10.2. The molecule has 25 heavy (non-hydrogen) atoms. The Morgan fingerprint density at radius 2 is 2.24 bits per heavy atom. The molecule has 0 bridgehead atoms. The Morgan fingerprint density at radius 3 is 2.88 bits per heavy atom. The van der Waals surface area contributed by atoms with Crippen LogP contribution in [-0.4, -0.2) is 53.5 Å². The van der Waals surface area contributed by atoms with E-state index in [0.717, 1.165) is 25.7 Å². The highest BCUT2D eigenvalue weighted by Gasteiger charge is 2.19. The number of benzene rings is 1. The van der Waals surface area contributed by atoms with Gasteiger partial charge in [0.05, 0.1) is 25.2 Å². The van der Waals surface area contributed by atoms with Gasteiger partial charge in [-0.2, -0.15) is 0 Å². The monoisotopic (exact) mass is 370 g/mol. The summed E-state index contributed by atoms with van der Waals surface area (Å²) in [4.78, 5) is 11.9. The van der Waals surface area contributed by atoms with Crippen LogP contribution in [0.1, 0.15) is 25.7 Å². The summed E-state index contributed by atoms with van der Waals surface area (Å²) in [6, 6.07) is 6.86. The summed E-state index contributed by atoms with van der Waals surface area (Å²) in [5.74, 6) is 0.495. The molecule has 140 valence electrons. The van der Waals surface area contributed by atoms with Crippen molar-refractivity contribution < 1.29 is 22.7 Å². The summed E-state index contributed by atoms with van der Waals surface area (Å²) in [5, 5.41) is 2.84. The van der Waals surface area contributed by atoms with Gasteiger partial charge in [-0.05, 0) is 31.4 Å². The lowest BCUT2D eigenvalue weighted by molar-refractivity contribution is -0.121. The van der Waals surface area contributed by atoms with E-state index in [-0.39, 0.29) is 25.0 Å². The first-order valence-corrected chi connectivity index (χ1v) is 10.2. The van der Waals surface area contributed by atoms with Crippen molar-refractivity contribution in [3.05, 3.63) is 24.3 Å². The van der Waals surface area contributed by atoms with Crippen molar-refractivity contribution in [2.24, 2.45) is 0 Å². The van der Waals surface area contributed by atoms with Gasteiger partial charge in [0.2, 0.25) is 15.9 Å². The van der Waals surface area contributed by atoms with Gasteiger partial charge in [0, 0.05) is 32.2 Å². The number of ether oxygens (including phenoxy) is 2. The fourth-order valence-electron chi connectivity index (χ4n) is 2.76. The quantitative estimate of drug-likeness (QED) is 0.713. The van der Waals surface area contributed by atoms with Gasteiger partial charge in [0.1, 0.15) is 5.75 Å². The van der Waals surface area contributed by atoms with Gasteiger partial charge >= 0.3 is 0 Å². The van der Waals surface area contributed by atoms with Gasteiger partial charge in [-0.25, -0.2) is 8.42 Å². The molecule has 1 atom stereocenters. The molecule has 1 amide bonds. The predicted octanol–water partition coefficient (Wildman–Crippen LogP) is 1.54. The number of hydrogen-bond acceptors (Lipinski definition) is 5. The fourth-order valence-corrected chi connectivity index (χ4v) is 3.71. The van der Waals surface area contributed by atoms with Crippen molar-refractivity contribution in [3.8, 4) is 5.75 Å². The van der Waals surface area contributed by atoms with Crippen molar-refractivity contribution in [1.82, 2.24) is 5.32 Å². The third-order valence-corrected chi connectivity index (χ3v) is 5.25. The van der Waals surface area contributed by atoms with Gasteiger partial charge in [-0.1, -0.05) is 6.07 Å². The van der Waals surface area contributed by atoms with E-state index in [0.29, 0.717) is 24.4 Å². The van der Waals surface area contributed by atoms with Gasteiger partial charge in [0.15, 0.2) is 0 Å². The van der Waals surface area contributed by atoms with Crippen LogP contribution in [0, 0.1) is 0 Å². The van der Waals surface area contributed by atoms with Crippen molar-refractivity contribution in [2.45, 2.75) is 31.8 Å². The lowest BCUT2D eigenvalue weighted by Gasteiger charge is -2.22. The first-order valence-electron chi connectivity index (χ1n) is 8.40. The molecule has 0 aliphatic carbocycles. The van der Waals surface area contributed by atoms with Gasteiger partial charge in [-0.3, -0.25) is 9.10 Å². The van der Waals surface area contributed by atoms with Gasteiger partial charge in [-0.15, -0.1) is 0 Å². The van der Waals surface area contributed by atoms with E-state index < -0.39 is 10.0 Å². The van der Waals surface area contributed by atoms with E-state index in [2.05, 4.69) is 5.32 Å². The second-order valence-corrected chi connectivity index (χ2v) is 7.99. The molecule has 0 radical (unpaired) electrons. The predicted molar refractivity (Wildman–Crippen MR) is 96.4 cm³/mol. The summed E-state index contributed by atoms with van der Waals surface area (Å²) < 4.78 is 36.0. The standard InChI is InChI=1S/C17H26N2O5S/c1-23-15-7-3-6-14(12-15)19(25(2,21)22)10-4-9-17(20)18-13-16-8-5-11-24-16/h3,6-7,12,16H,4-5,8-11,13H2,1-2H3,(H,18,20). The van der Waals surface area contributed by atoms with E-state index in [1.807, 2.05) is 0 Å². The molecule has 1 heterocycles. The largest absolute Gasteiger partial charge is 0.497 e. The molecule has 1 aromatic rings. The van der Waals surface area contributed by atoms with Crippen LogP contribution in [0.4, 0.5) is 5.69 Å².